The van der Waals surface area contributed by atoms with E-state index in [0.717, 1.165) is 23.3 Å². The van der Waals surface area contributed by atoms with Crippen LogP contribution >= 0.6 is 11.8 Å². The van der Waals surface area contributed by atoms with Gasteiger partial charge in [-0.05, 0) is 37.1 Å². The van der Waals surface area contributed by atoms with Crippen molar-refractivity contribution >= 4 is 38.8 Å². The van der Waals surface area contributed by atoms with Gasteiger partial charge in [0, 0.05) is 23.0 Å². The fourth-order valence-corrected chi connectivity index (χ4v) is 6.01. The molecule has 2 aliphatic rings. The SMILES string of the molecule is Nc1ncnc2c1nc(Sc1cc3c(cc1-c1ccco1)OCO3)n2CCS(=O)(=O)NC1CC1. The van der Waals surface area contributed by atoms with Gasteiger partial charge in [0.2, 0.25) is 16.8 Å². The minimum Gasteiger partial charge on any atom is -0.464 e. The maximum atomic E-state index is 12.5. The predicted molar refractivity (Wildman–Crippen MR) is 124 cm³/mol. The van der Waals surface area contributed by atoms with Gasteiger partial charge in [0.05, 0.1) is 12.0 Å². The molecule has 0 unspecified atom stereocenters. The smallest absolute Gasteiger partial charge is 0.231 e. The Bertz CT molecular complexity index is 1480. The quantitative estimate of drug-likeness (QED) is 0.370. The number of furan rings is 1. The van der Waals surface area contributed by atoms with Crippen molar-refractivity contribution in [3.05, 3.63) is 36.9 Å². The summed E-state index contributed by atoms with van der Waals surface area (Å²) in [5, 5.41) is 0.524. The molecule has 6 rings (SSSR count). The molecule has 0 bridgehead atoms. The first-order valence-electron chi connectivity index (χ1n) is 10.6. The van der Waals surface area contributed by atoms with Crippen LogP contribution in [-0.4, -0.2) is 46.5 Å². The first-order chi connectivity index (χ1) is 16.5. The van der Waals surface area contributed by atoms with Gasteiger partial charge in [0.25, 0.3) is 0 Å². The minimum atomic E-state index is -3.45. The first kappa shape index (κ1) is 21.3. The Morgan fingerprint density at radius 3 is 2.79 bits per heavy atom. The van der Waals surface area contributed by atoms with E-state index in [2.05, 4.69) is 19.7 Å². The van der Waals surface area contributed by atoms with Crippen molar-refractivity contribution < 1.29 is 22.3 Å². The average molecular weight is 501 g/mol. The van der Waals surface area contributed by atoms with Crippen molar-refractivity contribution in [1.82, 2.24) is 24.2 Å². The third-order valence-electron chi connectivity index (χ3n) is 5.50. The highest BCUT2D eigenvalue weighted by Crippen LogP contribution is 2.45. The van der Waals surface area contributed by atoms with Crippen LogP contribution in [0.2, 0.25) is 0 Å². The number of nitrogens with two attached hydrogens (primary N) is 1. The number of aromatic nitrogens is 4. The summed E-state index contributed by atoms with van der Waals surface area (Å²) in [7, 11) is -3.45. The van der Waals surface area contributed by atoms with Crippen LogP contribution in [0.15, 0.2) is 51.3 Å². The maximum absolute atomic E-state index is 12.5. The zero-order chi connectivity index (χ0) is 23.3. The molecular formula is C21H20N6O5S2. The lowest BCUT2D eigenvalue weighted by Gasteiger charge is -2.12. The fraction of sp³-hybridized carbons (Fsp3) is 0.286. The van der Waals surface area contributed by atoms with Crippen LogP contribution in [0.1, 0.15) is 12.8 Å². The fourth-order valence-electron chi connectivity index (χ4n) is 3.67. The Morgan fingerprint density at radius 2 is 2.03 bits per heavy atom. The second kappa shape index (κ2) is 8.18. The van der Waals surface area contributed by atoms with Gasteiger partial charge in [-0.3, -0.25) is 0 Å². The van der Waals surface area contributed by atoms with Crippen molar-refractivity contribution in [2.45, 2.75) is 35.5 Å². The summed E-state index contributed by atoms with van der Waals surface area (Å²) < 4.78 is 46.3. The molecule has 176 valence electrons. The number of fused-ring (bicyclic) bond motifs is 2. The number of aryl methyl sites for hydroxylation is 1. The highest BCUT2D eigenvalue weighted by molar-refractivity contribution is 7.99. The number of sulfonamides is 1. The van der Waals surface area contributed by atoms with Gasteiger partial charge in [0.15, 0.2) is 33.6 Å². The van der Waals surface area contributed by atoms with E-state index in [0.29, 0.717) is 33.6 Å². The van der Waals surface area contributed by atoms with Crippen LogP contribution < -0.4 is 19.9 Å². The largest absolute Gasteiger partial charge is 0.464 e. The molecule has 3 aromatic heterocycles. The normalized spacial score (nSPS) is 15.3. The molecular weight excluding hydrogens is 480 g/mol. The van der Waals surface area contributed by atoms with E-state index in [1.54, 1.807) is 16.9 Å². The van der Waals surface area contributed by atoms with Crippen molar-refractivity contribution in [1.29, 1.82) is 0 Å². The van der Waals surface area contributed by atoms with Gasteiger partial charge in [-0.15, -0.1) is 0 Å². The number of hydrogen-bond donors (Lipinski definition) is 2. The Morgan fingerprint density at radius 1 is 1.21 bits per heavy atom. The molecule has 1 saturated carbocycles. The molecule has 11 nitrogen and oxygen atoms in total. The summed E-state index contributed by atoms with van der Waals surface area (Å²) >= 11 is 1.33. The highest BCUT2D eigenvalue weighted by atomic mass is 32.2. The van der Waals surface area contributed by atoms with Gasteiger partial charge in [-0.2, -0.15) is 0 Å². The van der Waals surface area contributed by atoms with Crippen LogP contribution in [0.3, 0.4) is 0 Å². The molecule has 4 aromatic rings. The highest BCUT2D eigenvalue weighted by Gasteiger charge is 2.28. The van der Waals surface area contributed by atoms with Gasteiger partial charge < -0.3 is 24.2 Å². The van der Waals surface area contributed by atoms with E-state index in [4.69, 9.17) is 19.6 Å². The van der Waals surface area contributed by atoms with Crippen LogP contribution in [-0.2, 0) is 16.6 Å². The summed E-state index contributed by atoms with van der Waals surface area (Å²) in [4.78, 5) is 13.8. The number of anilines is 1. The van der Waals surface area contributed by atoms with Gasteiger partial charge >= 0.3 is 0 Å². The number of imidazole rings is 1. The molecule has 1 aliphatic carbocycles. The predicted octanol–water partition coefficient (Wildman–Crippen LogP) is 2.63. The molecule has 4 heterocycles. The van der Waals surface area contributed by atoms with E-state index in [-0.39, 0.29) is 31.0 Å². The van der Waals surface area contributed by atoms with Crippen molar-refractivity contribution in [2.75, 3.05) is 18.3 Å². The maximum Gasteiger partial charge on any atom is 0.231 e. The van der Waals surface area contributed by atoms with Crippen LogP contribution in [0, 0.1) is 0 Å². The Balaban J connectivity index is 1.40. The summed E-state index contributed by atoms with van der Waals surface area (Å²) in [6.45, 7) is 0.287. The molecule has 13 heteroatoms. The van der Waals surface area contributed by atoms with Crippen LogP contribution in [0.5, 0.6) is 11.5 Å². The standard InChI is InChI=1S/C21H20N6O5S2/c22-19-18-20(24-10-23-19)27(5-7-34(28,29)26-12-3-4-12)21(25-18)33-17-9-16-15(31-11-32-16)8-13(17)14-2-1-6-30-14/h1-2,6,8-10,12,26H,3-5,7,11H2,(H2,22,23,24). The van der Waals surface area contributed by atoms with Gasteiger partial charge in [-0.25, -0.2) is 28.1 Å². The molecule has 0 atom stereocenters. The third kappa shape index (κ3) is 4.06. The van der Waals surface area contributed by atoms with Crippen molar-refractivity contribution in [2.24, 2.45) is 0 Å². The zero-order valence-corrected chi connectivity index (χ0v) is 19.4. The number of rotatable bonds is 8. The molecule has 1 aromatic carbocycles. The lowest BCUT2D eigenvalue weighted by Crippen LogP contribution is -2.30. The topological polar surface area (TPSA) is 147 Å². The number of nitrogens with zero attached hydrogens (tertiary/aromatic N) is 4. The summed E-state index contributed by atoms with van der Waals surface area (Å²) in [5.74, 6) is 1.99. The number of nitrogen functional groups attached to an aromatic ring is 1. The molecule has 34 heavy (non-hydrogen) atoms. The summed E-state index contributed by atoms with van der Waals surface area (Å²) in [6, 6.07) is 7.41. The Kier molecular flexibility index (Phi) is 5.12. The van der Waals surface area contributed by atoms with E-state index < -0.39 is 10.0 Å². The number of benzene rings is 1. The van der Waals surface area contributed by atoms with Crippen molar-refractivity contribution in [3.63, 3.8) is 0 Å². The lowest BCUT2D eigenvalue weighted by atomic mass is 10.1. The number of ether oxygens (including phenoxy) is 2. The molecule has 0 spiro atoms. The lowest BCUT2D eigenvalue weighted by molar-refractivity contribution is 0.174. The second-order valence-corrected chi connectivity index (χ2v) is 10.9. The number of nitrogens with one attached hydrogen (secondary N) is 1. The molecule has 0 amide bonds. The number of hydrogen-bond acceptors (Lipinski definition) is 10. The minimum absolute atomic E-state index is 0.0424. The van der Waals surface area contributed by atoms with E-state index in [1.807, 2.05) is 18.2 Å². The molecule has 1 fully saturated rings. The van der Waals surface area contributed by atoms with Crippen molar-refractivity contribution in [3.8, 4) is 22.8 Å². The summed E-state index contributed by atoms with van der Waals surface area (Å²) in [5.41, 5.74) is 7.73. The zero-order valence-electron chi connectivity index (χ0n) is 17.8. The molecule has 1 aliphatic heterocycles. The Labute approximate surface area is 198 Å². The molecule has 0 saturated heterocycles. The average Bonchev–Trinajstić information content (AvgIpc) is 3.21. The summed E-state index contributed by atoms with van der Waals surface area (Å²) in [6.07, 6.45) is 4.68. The third-order valence-corrected chi connectivity index (χ3v) is 7.96. The van der Waals surface area contributed by atoms with E-state index in [1.165, 1.54) is 18.1 Å². The van der Waals surface area contributed by atoms with Gasteiger partial charge in [0.1, 0.15) is 12.1 Å². The van der Waals surface area contributed by atoms with E-state index >= 15 is 0 Å². The monoisotopic (exact) mass is 500 g/mol. The van der Waals surface area contributed by atoms with Crippen LogP contribution in [0.4, 0.5) is 5.82 Å². The Hall–Kier alpha value is -3.29. The molecule has 0 radical (unpaired) electrons. The van der Waals surface area contributed by atoms with Crippen LogP contribution in [0.25, 0.3) is 22.5 Å². The van der Waals surface area contributed by atoms with E-state index in [9.17, 15) is 8.42 Å². The molecule has 3 N–H and O–H groups in total. The first-order valence-corrected chi connectivity index (χ1v) is 13.1. The second-order valence-electron chi connectivity index (χ2n) is 7.97. The van der Waals surface area contributed by atoms with Gasteiger partial charge in [-0.1, -0.05) is 11.8 Å².